The molecule has 0 aliphatic rings. The Morgan fingerprint density at radius 3 is 2.48 bits per heavy atom. The summed E-state index contributed by atoms with van der Waals surface area (Å²) in [7, 11) is 0. The van der Waals surface area contributed by atoms with Gasteiger partial charge in [-0.25, -0.2) is 9.67 Å². The van der Waals surface area contributed by atoms with Gasteiger partial charge in [0.15, 0.2) is 0 Å². The van der Waals surface area contributed by atoms with Crippen LogP contribution in [0.2, 0.25) is 0 Å². The van der Waals surface area contributed by atoms with Gasteiger partial charge >= 0.3 is 0 Å². The molecule has 6 nitrogen and oxygen atoms in total. The summed E-state index contributed by atoms with van der Waals surface area (Å²) in [5, 5.41) is 7.48. The van der Waals surface area contributed by atoms with Crippen molar-refractivity contribution in [2.75, 3.05) is 0 Å². The molecule has 0 aliphatic carbocycles. The van der Waals surface area contributed by atoms with Crippen molar-refractivity contribution in [3.8, 4) is 5.69 Å². The van der Waals surface area contributed by atoms with Crippen LogP contribution in [0.1, 0.15) is 23.0 Å². The Labute approximate surface area is 191 Å². The monoisotopic (exact) mass is 433 g/mol. The van der Waals surface area contributed by atoms with E-state index in [-0.39, 0.29) is 11.9 Å². The molecular weight excluding hydrogens is 410 g/mol. The van der Waals surface area contributed by atoms with E-state index in [1.165, 1.54) is 6.08 Å². The van der Waals surface area contributed by atoms with Crippen LogP contribution in [0.3, 0.4) is 0 Å². The number of amides is 1. The van der Waals surface area contributed by atoms with Crippen molar-refractivity contribution >= 4 is 23.0 Å². The number of carbonyl (C=O) groups excluding carboxylic acids is 1. The molecule has 2 heterocycles. The molecule has 1 unspecified atom stereocenters. The summed E-state index contributed by atoms with van der Waals surface area (Å²) in [5.74, 6) is 0.544. The number of benzene rings is 3. The van der Waals surface area contributed by atoms with Crippen LogP contribution in [0.5, 0.6) is 0 Å². The molecule has 0 aliphatic heterocycles. The lowest BCUT2D eigenvalue weighted by atomic mass is 10.1. The highest BCUT2D eigenvalue weighted by Crippen LogP contribution is 2.20. The molecule has 0 bridgehead atoms. The number of imidazole rings is 1. The summed E-state index contributed by atoms with van der Waals surface area (Å²) in [5.41, 5.74) is 4.76. The molecule has 0 fully saturated rings. The van der Waals surface area contributed by atoms with Crippen molar-refractivity contribution in [1.82, 2.24) is 25.1 Å². The number of H-pyrrole nitrogens is 1. The fraction of sp³-hybridized carbons (Fsp3) is 0.0741. The summed E-state index contributed by atoms with van der Waals surface area (Å²) >= 11 is 0. The highest BCUT2D eigenvalue weighted by molar-refractivity contribution is 5.92. The first-order valence-electron chi connectivity index (χ1n) is 10.8. The van der Waals surface area contributed by atoms with Crippen LogP contribution < -0.4 is 5.32 Å². The number of carbonyl (C=O) groups is 1. The number of rotatable bonds is 7. The smallest absolute Gasteiger partial charge is 0.244 e. The Hall–Kier alpha value is -4.45. The molecule has 0 spiro atoms. The maximum atomic E-state index is 12.8. The van der Waals surface area contributed by atoms with Gasteiger partial charge in [0.25, 0.3) is 0 Å². The average molecular weight is 434 g/mol. The molecule has 0 saturated carbocycles. The molecule has 2 aromatic heterocycles. The van der Waals surface area contributed by atoms with Crippen molar-refractivity contribution in [1.29, 1.82) is 0 Å². The zero-order valence-electron chi connectivity index (χ0n) is 17.9. The van der Waals surface area contributed by atoms with Gasteiger partial charge in [-0.15, -0.1) is 0 Å². The third-order valence-electron chi connectivity index (χ3n) is 5.39. The minimum atomic E-state index is -0.288. The quantitative estimate of drug-likeness (QED) is 0.360. The van der Waals surface area contributed by atoms with Crippen LogP contribution >= 0.6 is 0 Å². The summed E-state index contributed by atoms with van der Waals surface area (Å²) < 4.78 is 1.78. The van der Waals surface area contributed by atoms with E-state index in [1.807, 2.05) is 79.0 Å². The first kappa shape index (κ1) is 20.5. The van der Waals surface area contributed by atoms with Gasteiger partial charge in [0.2, 0.25) is 5.91 Å². The fourth-order valence-corrected chi connectivity index (χ4v) is 3.74. The number of nitrogens with zero attached hydrogens (tertiary/aromatic N) is 3. The molecule has 33 heavy (non-hydrogen) atoms. The van der Waals surface area contributed by atoms with Crippen LogP contribution in [-0.2, 0) is 11.2 Å². The van der Waals surface area contributed by atoms with E-state index >= 15 is 0 Å². The number of nitrogens with one attached hydrogen (secondary N) is 2. The number of aromatic amines is 1. The summed E-state index contributed by atoms with van der Waals surface area (Å²) in [6.07, 6.45) is 7.55. The first-order valence-corrected chi connectivity index (χ1v) is 10.8. The third-order valence-corrected chi connectivity index (χ3v) is 5.39. The Morgan fingerprint density at radius 1 is 0.970 bits per heavy atom. The minimum absolute atomic E-state index is 0.191. The van der Waals surface area contributed by atoms with Crippen LogP contribution in [0, 0.1) is 0 Å². The zero-order valence-corrected chi connectivity index (χ0v) is 17.9. The molecule has 162 valence electrons. The Morgan fingerprint density at radius 2 is 1.70 bits per heavy atom. The van der Waals surface area contributed by atoms with Gasteiger partial charge in [-0.3, -0.25) is 4.79 Å². The van der Waals surface area contributed by atoms with E-state index in [4.69, 9.17) is 4.98 Å². The van der Waals surface area contributed by atoms with E-state index in [2.05, 4.69) is 27.5 Å². The predicted molar refractivity (Wildman–Crippen MR) is 130 cm³/mol. The zero-order chi connectivity index (χ0) is 22.5. The molecule has 5 aromatic rings. The number of para-hydroxylation sites is 3. The van der Waals surface area contributed by atoms with Gasteiger partial charge in [-0.2, -0.15) is 5.10 Å². The second-order valence-electron chi connectivity index (χ2n) is 7.78. The molecule has 1 amide bonds. The summed E-state index contributed by atoms with van der Waals surface area (Å²) in [6, 6.07) is 27.5. The fourth-order valence-electron chi connectivity index (χ4n) is 3.74. The van der Waals surface area contributed by atoms with Crippen molar-refractivity contribution in [3.63, 3.8) is 0 Å². The normalized spacial score (nSPS) is 12.2. The summed E-state index contributed by atoms with van der Waals surface area (Å²) in [6.45, 7) is 0. The van der Waals surface area contributed by atoms with Gasteiger partial charge in [0.1, 0.15) is 5.82 Å². The topological polar surface area (TPSA) is 75.6 Å². The van der Waals surface area contributed by atoms with E-state index in [0.29, 0.717) is 6.42 Å². The first-order chi connectivity index (χ1) is 16.2. The molecule has 1 atom stereocenters. The van der Waals surface area contributed by atoms with Crippen LogP contribution in [0.15, 0.2) is 103 Å². The van der Waals surface area contributed by atoms with Gasteiger partial charge < -0.3 is 10.3 Å². The molecule has 6 heteroatoms. The number of hydrogen-bond acceptors (Lipinski definition) is 3. The third kappa shape index (κ3) is 4.91. The van der Waals surface area contributed by atoms with Crippen molar-refractivity contribution in [3.05, 3.63) is 120 Å². The van der Waals surface area contributed by atoms with Crippen LogP contribution in [0.4, 0.5) is 0 Å². The maximum absolute atomic E-state index is 12.8. The lowest BCUT2D eigenvalue weighted by molar-refractivity contribution is -0.117. The number of aromatic nitrogens is 4. The van der Waals surface area contributed by atoms with E-state index in [1.54, 1.807) is 17.0 Å². The van der Waals surface area contributed by atoms with Crippen molar-refractivity contribution < 1.29 is 4.79 Å². The lowest BCUT2D eigenvalue weighted by Gasteiger charge is -2.16. The Balaban J connectivity index is 1.34. The maximum Gasteiger partial charge on any atom is 0.244 e. The van der Waals surface area contributed by atoms with Crippen LogP contribution in [0.25, 0.3) is 22.8 Å². The van der Waals surface area contributed by atoms with E-state index < -0.39 is 0 Å². The SMILES string of the molecule is O=C(/C=C/c1cnn(-c2ccccc2)c1)NC(Cc1ccccc1)c1nc2ccccc2[nH]1. The van der Waals surface area contributed by atoms with Gasteiger partial charge in [0.05, 0.1) is 29.0 Å². The lowest BCUT2D eigenvalue weighted by Crippen LogP contribution is -2.29. The average Bonchev–Trinajstić information content (AvgIpc) is 3.51. The molecule has 5 rings (SSSR count). The van der Waals surface area contributed by atoms with Crippen LogP contribution in [-0.4, -0.2) is 25.7 Å². The number of fused-ring (bicyclic) bond motifs is 1. The molecule has 0 radical (unpaired) electrons. The van der Waals surface area contributed by atoms with Crippen molar-refractivity contribution in [2.45, 2.75) is 12.5 Å². The van der Waals surface area contributed by atoms with Gasteiger partial charge in [-0.05, 0) is 42.3 Å². The number of hydrogen-bond donors (Lipinski definition) is 2. The van der Waals surface area contributed by atoms with Gasteiger partial charge in [0, 0.05) is 17.8 Å². The summed E-state index contributed by atoms with van der Waals surface area (Å²) in [4.78, 5) is 20.9. The second kappa shape index (κ2) is 9.36. The molecule has 3 aromatic carbocycles. The highest BCUT2D eigenvalue weighted by atomic mass is 16.1. The molecular formula is C27H23N5O. The molecule has 2 N–H and O–H groups in total. The minimum Gasteiger partial charge on any atom is -0.342 e. The Bertz CT molecular complexity index is 1350. The standard InChI is InChI=1S/C27H23N5O/c33-26(16-15-21-18-28-32(19-21)22-11-5-2-6-12-22)29-25(17-20-9-3-1-4-10-20)27-30-23-13-7-8-14-24(23)31-27/h1-16,18-19,25H,17H2,(H,29,33)(H,30,31)/b16-15+. The largest absolute Gasteiger partial charge is 0.342 e. The van der Waals surface area contributed by atoms with Crippen molar-refractivity contribution in [2.24, 2.45) is 0 Å². The van der Waals surface area contributed by atoms with Gasteiger partial charge in [-0.1, -0.05) is 60.7 Å². The predicted octanol–water partition coefficient (Wildman–Crippen LogP) is 4.86. The Kier molecular flexibility index (Phi) is 5.80. The van der Waals surface area contributed by atoms with E-state index in [0.717, 1.165) is 33.7 Å². The molecule has 0 saturated heterocycles. The second-order valence-corrected chi connectivity index (χ2v) is 7.78. The van der Waals surface area contributed by atoms with E-state index in [9.17, 15) is 4.79 Å². The highest BCUT2D eigenvalue weighted by Gasteiger charge is 2.18.